The molecule has 3 rings (SSSR count). The molecule has 0 fully saturated rings. The number of nitrogens with two attached hydrogens (primary N) is 1. The van der Waals surface area contributed by atoms with E-state index in [9.17, 15) is 4.39 Å². The molecule has 0 amide bonds. The quantitative estimate of drug-likeness (QED) is 0.724. The van der Waals surface area contributed by atoms with Gasteiger partial charge in [0.05, 0.1) is 5.56 Å². The number of nitrogens with zero attached hydrogens (tertiary/aromatic N) is 1. The summed E-state index contributed by atoms with van der Waals surface area (Å²) in [6, 6.07) is 12.0. The molecule has 0 saturated heterocycles. The maximum absolute atomic E-state index is 13.5. The lowest BCUT2D eigenvalue weighted by Crippen LogP contribution is -1.90. The highest BCUT2D eigenvalue weighted by atomic mass is 79.9. The highest BCUT2D eigenvalue weighted by molar-refractivity contribution is 9.10. The average molecular weight is 347 g/mol. The van der Waals surface area contributed by atoms with Gasteiger partial charge in [-0.1, -0.05) is 45.4 Å². The topological polar surface area (TPSA) is 52.0 Å². The standard InChI is InChI=1S/C16H12BrFN2O/c1-9-12(6-3-7-13(9)17)15-14(16(19)20-21-15)10-4-2-5-11(18)8-10/h2-8H,1H3,(H2,19,20). The summed E-state index contributed by atoms with van der Waals surface area (Å²) in [7, 11) is 0. The van der Waals surface area contributed by atoms with E-state index in [0.29, 0.717) is 16.9 Å². The Bertz CT molecular complexity index is 814. The Morgan fingerprint density at radius 2 is 1.95 bits per heavy atom. The number of rotatable bonds is 2. The minimum atomic E-state index is -0.329. The predicted molar refractivity (Wildman–Crippen MR) is 84.2 cm³/mol. The molecule has 5 heteroatoms. The Morgan fingerprint density at radius 1 is 1.19 bits per heavy atom. The van der Waals surface area contributed by atoms with Gasteiger partial charge < -0.3 is 10.3 Å². The molecule has 3 aromatic rings. The Labute approximate surface area is 129 Å². The number of benzene rings is 2. The molecule has 0 atom stereocenters. The summed E-state index contributed by atoms with van der Waals surface area (Å²) in [5.41, 5.74) is 9.03. The van der Waals surface area contributed by atoms with Crippen LogP contribution in [-0.4, -0.2) is 5.16 Å². The fourth-order valence-corrected chi connectivity index (χ4v) is 2.63. The highest BCUT2D eigenvalue weighted by Crippen LogP contribution is 2.39. The van der Waals surface area contributed by atoms with E-state index >= 15 is 0 Å². The molecule has 0 saturated carbocycles. The first kappa shape index (κ1) is 13.8. The smallest absolute Gasteiger partial charge is 0.177 e. The number of nitrogen functional groups attached to an aromatic ring is 1. The number of hydrogen-bond acceptors (Lipinski definition) is 3. The fourth-order valence-electron chi connectivity index (χ4n) is 2.26. The van der Waals surface area contributed by atoms with Crippen molar-refractivity contribution in [3.63, 3.8) is 0 Å². The van der Waals surface area contributed by atoms with Crippen LogP contribution in [0, 0.1) is 12.7 Å². The molecule has 1 heterocycles. The predicted octanol–water partition coefficient (Wildman–Crippen LogP) is 4.80. The molecule has 3 nitrogen and oxygen atoms in total. The summed E-state index contributed by atoms with van der Waals surface area (Å²) in [4.78, 5) is 0. The van der Waals surface area contributed by atoms with Gasteiger partial charge in [0.1, 0.15) is 5.82 Å². The Hall–Kier alpha value is -2.14. The summed E-state index contributed by atoms with van der Waals surface area (Å²) in [5, 5.41) is 3.83. The maximum atomic E-state index is 13.5. The van der Waals surface area contributed by atoms with E-state index in [1.807, 2.05) is 25.1 Å². The number of anilines is 1. The summed E-state index contributed by atoms with van der Waals surface area (Å²) in [5.74, 6) is 0.455. The van der Waals surface area contributed by atoms with Gasteiger partial charge in [0, 0.05) is 10.0 Å². The zero-order valence-electron chi connectivity index (χ0n) is 11.2. The molecule has 0 unspecified atom stereocenters. The minimum Gasteiger partial charge on any atom is -0.380 e. The third kappa shape index (κ3) is 2.45. The molecule has 2 aromatic carbocycles. The third-order valence-corrected chi connectivity index (χ3v) is 4.20. The summed E-state index contributed by atoms with van der Waals surface area (Å²) < 4.78 is 19.8. The molecule has 0 aliphatic heterocycles. The molecule has 0 aliphatic carbocycles. The Morgan fingerprint density at radius 3 is 2.71 bits per heavy atom. The first-order valence-corrected chi connectivity index (χ1v) is 7.14. The van der Waals surface area contributed by atoms with Crippen LogP contribution in [0.3, 0.4) is 0 Å². The molecular formula is C16H12BrFN2O. The molecule has 106 valence electrons. The van der Waals surface area contributed by atoms with Crippen molar-refractivity contribution in [2.24, 2.45) is 0 Å². The van der Waals surface area contributed by atoms with Crippen LogP contribution in [0.15, 0.2) is 51.5 Å². The molecule has 21 heavy (non-hydrogen) atoms. The van der Waals surface area contributed by atoms with Gasteiger partial charge in [-0.25, -0.2) is 4.39 Å². The van der Waals surface area contributed by atoms with E-state index in [-0.39, 0.29) is 11.6 Å². The van der Waals surface area contributed by atoms with Gasteiger partial charge in [0.25, 0.3) is 0 Å². The molecule has 0 radical (unpaired) electrons. The lowest BCUT2D eigenvalue weighted by Gasteiger charge is -2.07. The second-order valence-electron chi connectivity index (χ2n) is 4.69. The van der Waals surface area contributed by atoms with Crippen LogP contribution in [-0.2, 0) is 0 Å². The van der Waals surface area contributed by atoms with Gasteiger partial charge in [-0.05, 0) is 36.2 Å². The monoisotopic (exact) mass is 346 g/mol. The van der Waals surface area contributed by atoms with E-state index in [1.165, 1.54) is 12.1 Å². The van der Waals surface area contributed by atoms with Crippen molar-refractivity contribution in [1.29, 1.82) is 0 Å². The van der Waals surface area contributed by atoms with E-state index in [4.69, 9.17) is 10.3 Å². The second kappa shape index (κ2) is 5.33. The normalized spacial score (nSPS) is 10.8. The van der Waals surface area contributed by atoms with Crippen LogP contribution in [0.1, 0.15) is 5.56 Å². The second-order valence-corrected chi connectivity index (χ2v) is 5.55. The van der Waals surface area contributed by atoms with Crippen molar-refractivity contribution in [2.75, 3.05) is 5.73 Å². The number of aromatic nitrogens is 1. The first-order chi connectivity index (χ1) is 10.1. The van der Waals surface area contributed by atoms with Gasteiger partial charge in [-0.15, -0.1) is 0 Å². The molecule has 1 aromatic heterocycles. The summed E-state index contributed by atoms with van der Waals surface area (Å²) in [6.45, 7) is 1.97. The first-order valence-electron chi connectivity index (χ1n) is 6.34. The summed E-state index contributed by atoms with van der Waals surface area (Å²) >= 11 is 3.49. The molecule has 0 bridgehead atoms. The largest absolute Gasteiger partial charge is 0.380 e. The van der Waals surface area contributed by atoms with Gasteiger partial charge in [0.2, 0.25) is 0 Å². The Balaban J connectivity index is 2.24. The summed E-state index contributed by atoms with van der Waals surface area (Å²) in [6.07, 6.45) is 0. The van der Waals surface area contributed by atoms with Gasteiger partial charge in [-0.3, -0.25) is 0 Å². The van der Waals surface area contributed by atoms with Crippen molar-refractivity contribution in [3.8, 4) is 22.5 Å². The lowest BCUT2D eigenvalue weighted by molar-refractivity contribution is 0.436. The van der Waals surface area contributed by atoms with Crippen molar-refractivity contribution in [3.05, 3.63) is 58.3 Å². The molecule has 0 spiro atoms. The van der Waals surface area contributed by atoms with Crippen LogP contribution in [0.5, 0.6) is 0 Å². The highest BCUT2D eigenvalue weighted by Gasteiger charge is 2.20. The fraction of sp³-hybridized carbons (Fsp3) is 0.0625. The minimum absolute atomic E-state index is 0.245. The van der Waals surface area contributed by atoms with Crippen molar-refractivity contribution >= 4 is 21.7 Å². The zero-order chi connectivity index (χ0) is 15.0. The number of hydrogen-bond donors (Lipinski definition) is 1. The maximum Gasteiger partial charge on any atom is 0.177 e. The SMILES string of the molecule is Cc1c(Br)cccc1-c1onc(N)c1-c1cccc(F)c1. The van der Waals surface area contributed by atoms with Crippen LogP contribution >= 0.6 is 15.9 Å². The van der Waals surface area contributed by atoms with Crippen molar-refractivity contribution < 1.29 is 8.91 Å². The average Bonchev–Trinajstić information content (AvgIpc) is 2.83. The van der Waals surface area contributed by atoms with Crippen LogP contribution in [0.25, 0.3) is 22.5 Å². The zero-order valence-corrected chi connectivity index (χ0v) is 12.8. The Kier molecular flexibility index (Phi) is 3.51. The molecule has 0 aliphatic rings. The van der Waals surface area contributed by atoms with E-state index in [1.54, 1.807) is 12.1 Å². The van der Waals surface area contributed by atoms with Crippen molar-refractivity contribution in [2.45, 2.75) is 6.92 Å². The van der Waals surface area contributed by atoms with Gasteiger partial charge >= 0.3 is 0 Å². The van der Waals surface area contributed by atoms with E-state index < -0.39 is 0 Å². The van der Waals surface area contributed by atoms with E-state index in [2.05, 4.69) is 21.1 Å². The van der Waals surface area contributed by atoms with Crippen LogP contribution < -0.4 is 5.73 Å². The van der Waals surface area contributed by atoms with Gasteiger partial charge in [0.15, 0.2) is 11.6 Å². The third-order valence-electron chi connectivity index (χ3n) is 3.34. The van der Waals surface area contributed by atoms with Crippen LogP contribution in [0.4, 0.5) is 10.2 Å². The van der Waals surface area contributed by atoms with Crippen LogP contribution in [0.2, 0.25) is 0 Å². The molecule has 2 N–H and O–H groups in total. The lowest BCUT2D eigenvalue weighted by atomic mass is 9.98. The van der Waals surface area contributed by atoms with Crippen molar-refractivity contribution in [1.82, 2.24) is 5.16 Å². The van der Waals surface area contributed by atoms with Gasteiger partial charge in [-0.2, -0.15) is 0 Å². The van der Waals surface area contributed by atoms with E-state index in [0.717, 1.165) is 15.6 Å². The number of halogens is 2. The molecular weight excluding hydrogens is 335 g/mol.